The van der Waals surface area contributed by atoms with E-state index in [-0.39, 0.29) is 5.91 Å². The summed E-state index contributed by atoms with van der Waals surface area (Å²) >= 11 is 0. The molecule has 0 radical (unpaired) electrons. The molecule has 1 saturated heterocycles. The van der Waals surface area contributed by atoms with Gasteiger partial charge in [0.25, 0.3) is 5.91 Å². The number of benzene rings is 1. The van der Waals surface area contributed by atoms with E-state index < -0.39 is 0 Å². The molecular weight excluding hydrogens is 248 g/mol. The van der Waals surface area contributed by atoms with E-state index in [1.54, 1.807) is 0 Å². The Bertz CT molecular complexity index is 438. The average molecular weight is 274 g/mol. The number of hydrogen-bond acceptors (Lipinski definition) is 2. The lowest BCUT2D eigenvalue weighted by Gasteiger charge is -2.26. The Hall–Kier alpha value is -1.35. The van der Waals surface area contributed by atoms with E-state index in [9.17, 15) is 4.79 Å². The number of aryl methyl sites for hydroxylation is 1. The first-order chi connectivity index (χ1) is 9.70. The van der Waals surface area contributed by atoms with Crippen molar-refractivity contribution in [3.8, 4) is 0 Å². The van der Waals surface area contributed by atoms with Crippen molar-refractivity contribution in [1.29, 1.82) is 0 Å². The van der Waals surface area contributed by atoms with Gasteiger partial charge in [0, 0.05) is 24.7 Å². The zero-order valence-corrected chi connectivity index (χ0v) is 12.7. The Morgan fingerprint density at radius 1 is 1.45 bits per heavy atom. The molecule has 1 aliphatic heterocycles. The maximum Gasteiger partial charge on any atom is 0.253 e. The van der Waals surface area contributed by atoms with Crippen LogP contribution in [0.4, 0.5) is 0 Å². The fourth-order valence-corrected chi connectivity index (χ4v) is 2.76. The largest absolute Gasteiger partial charge is 0.337 e. The quantitative estimate of drug-likeness (QED) is 0.865. The van der Waals surface area contributed by atoms with Gasteiger partial charge < -0.3 is 10.2 Å². The highest BCUT2D eigenvalue weighted by Gasteiger charge is 2.22. The third-order valence-corrected chi connectivity index (χ3v) is 3.94. The third-order valence-electron chi connectivity index (χ3n) is 3.94. The lowest BCUT2D eigenvalue weighted by Crippen LogP contribution is -2.41. The predicted octanol–water partition coefficient (Wildman–Crippen LogP) is 2.99. The molecule has 0 bridgehead atoms. The van der Waals surface area contributed by atoms with Gasteiger partial charge in [-0.25, -0.2) is 0 Å². The van der Waals surface area contributed by atoms with Crippen LogP contribution in [0.3, 0.4) is 0 Å². The molecule has 1 atom stereocenters. The van der Waals surface area contributed by atoms with E-state index >= 15 is 0 Å². The molecule has 0 aromatic heterocycles. The van der Waals surface area contributed by atoms with Crippen LogP contribution in [-0.2, 0) is 0 Å². The molecule has 0 spiro atoms. The molecule has 2 rings (SSSR count). The van der Waals surface area contributed by atoms with E-state index in [1.807, 2.05) is 36.1 Å². The van der Waals surface area contributed by atoms with Crippen molar-refractivity contribution in [2.75, 3.05) is 19.6 Å². The van der Waals surface area contributed by atoms with Crippen LogP contribution in [0.1, 0.15) is 48.5 Å². The average Bonchev–Trinajstić information content (AvgIpc) is 2.95. The summed E-state index contributed by atoms with van der Waals surface area (Å²) < 4.78 is 0. The van der Waals surface area contributed by atoms with Gasteiger partial charge in [-0.2, -0.15) is 0 Å². The van der Waals surface area contributed by atoms with Gasteiger partial charge in [0.05, 0.1) is 0 Å². The number of unbranched alkanes of at least 4 members (excludes halogenated alkanes) is 1. The van der Waals surface area contributed by atoms with E-state index in [0.717, 1.165) is 43.6 Å². The number of nitrogens with one attached hydrogen (secondary N) is 1. The Morgan fingerprint density at radius 2 is 2.30 bits per heavy atom. The highest BCUT2D eigenvalue weighted by atomic mass is 16.2. The van der Waals surface area contributed by atoms with Crippen molar-refractivity contribution in [3.05, 3.63) is 35.4 Å². The first-order valence-electron chi connectivity index (χ1n) is 7.80. The summed E-state index contributed by atoms with van der Waals surface area (Å²) in [5.74, 6) is 0.177. The van der Waals surface area contributed by atoms with E-state index in [4.69, 9.17) is 0 Å². The van der Waals surface area contributed by atoms with Gasteiger partial charge in [-0.05, 0) is 44.9 Å². The van der Waals surface area contributed by atoms with Crippen molar-refractivity contribution in [1.82, 2.24) is 10.2 Å². The predicted molar refractivity (Wildman–Crippen MR) is 83.0 cm³/mol. The molecule has 1 unspecified atom stereocenters. The molecule has 0 saturated carbocycles. The molecule has 1 amide bonds. The van der Waals surface area contributed by atoms with Crippen molar-refractivity contribution in [2.24, 2.45) is 0 Å². The molecule has 3 heteroatoms. The smallest absolute Gasteiger partial charge is 0.253 e. The van der Waals surface area contributed by atoms with Crippen molar-refractivity contribution in [2.45, 2.75) is 45.6 Å². The number of carbonyl (C=O) groups is 1. The maximum absolute atomic E-state index is 12.7. The summed E-state index contributed by atoms with van der Waals surface area (Å²) in [6.45, 7) is 6.99. The zero-order valence-electron chi connectivity index (χ0n) is 12.7. The van der Waals surface area contributed by atoms with E-state index in [1.165, 1.54) is 12.8 Å². The Balaban J connectivity index is 2.05. The topological polar surface area (TPSA) is 32.3 Å². The summed E-state index contributed by atoms with van der Waals surface area (Å²) in [5.41, 5.74) is 1.96. The van der Waals surface area contributed by atoms with Crippen LogP contribution < -0.4 is 5.32 Å². The number of carbonyl (C=O) groups excluding carboxylic acids is 1. The maximum atomic E-state index is 12.7. The summed E-state index contributed by atoms with van der Waals surface area (Å²) in [6, 6.07) is 8.39. The first-order valence-corrected chi connectivity index (χ1v) is 7.80. The first kappa shape index (κ1) is 15.0. The van der Waals surface area contributed by atoms with Gasteiger partial charge in [0.15, 0.2) is 0 Å². The summed E-state index contributed by atoms with van der Waals surface area (Å²) in [5, 5.41) is 3.49. The summed E-state index contributed by atoms with van der Waals surface area (Å²) in [6.07, 6.45) is 4.61. The second-order valence-electron chi connectivity index (χ2n) is 5.77. The fraction of sp³-hybridized carbons (Fsp3) is 0.588. The minimum absolute atomic E-state index is 0.177. The van der Waals surface area contributed by atoms with Gasteiger partial charge in [0.2, 0.25) is 0 Å². The van der Waals surface area contributed by atoms with Crippen LogP contribution in [0.15, 0.2) is 24.3 Å². The molecule has 1 aliphatic rings. The van der Waals surface area contributed by atoms with Gasteiger partial charge in [-0.1, -0.05) is 31.0 Å². The van der Waals surface area contributed by atoms with Crippen LogP contribution in [0.2, 0.25) is 0 Å². The molecule has 3 nitrogen and oxygen atoms in total. The number of rotatable bonds is 6. The van der Waals surface area contributed by atoms with E-state index in [2.05, 4.69) is 12.2 Å². The number of amides is 1. The zero-order chi connectivity index (χ0) is 14.4. The molecule has 1 aromatic rings. The van der Waals surface area contributed by atoms with Gasteiger partial charge in [0.1, 0.15) is 0 Å². The summed E-state index contributed by atoms with van der Waals surface area (Å²) in [7, 11) is 0. The molecule has 20 heavy (non-hydrogen) atoms. The van der Waals surface area contributed by atoms with Crippen molar-refractivity contribution in [3.63, 3.8) is 0 Å². The molecular formula is C17H26N2O. The fourth-order valence-electron chi connectivity index (χ4n) is 2.76. The molecule has 1 heterocycles. The standard InChI is InChI=1S/C17H26N2O/c1-3-4-11-19(13-16-9-6-10-18-16)17(20)15-8-5-7-14(2)12-15/h5,7-8,12,16,18H,3-4,6,9-11,13H2,1-2H3. The number of nitrogens with zero attached hydrogens (tertiary/aromatic N) is 1. The molecule has 1 N–H and O–H groups in total. The van der Waals surface area contributed by atoms with Crippen molar-refractivity contribution >= 4 is 5.91 Å². The molecule has 1 fully saturated rings. The van der Waals surface area contributed by atoms with Gasteiger partial charge in [-0.3, -0.25) is 4.79 Å². The van der Waals surface area contributed by atoms with Crippen LogP contribution in [0.25, 0.3) is 0 Å². The van der Waals surface area contributed by atoms with E-state index in [0.29, 0.717) is 6.04 Å². The Labute approximate surface area is 122 Å². The van der Waals surface area contributed by atoms with Crippen LogP contribution in [-0.4, -0.2) is 36.5 Å². The second-order valence-corrected chi connectivity index (χ2v) is 5.77. The van der Waals surface area contributed by atoms with Crippen LogP contribution >= 0.6 is 0 Å². The van der Waals surface area contributed by atoms with Crippen LogP contribution in [0.5, 0.6) is 0 Å². The third kappa shape index (κ3) is 4.07. The molecule has 1 aromatic carbocycles. The second kappa shape index (κ2) is 7.44. The van der Waals surface area contributed by atoms with Crippen molar-refractivity contribution < 1.29 is 4.79 Å². The SMILES string of the molecule is CCCCN(CC1CCCN1)C(=O)c1cccc(C)c1. The van der Waals surface area contributed by atoms with Gasteiger partial charge in [-0.15, -0.1) is 0 Å². The lowest BCUT2D eigenvalue weighted by molar-refractivity contribution is 0.0739. The Kier molecular flexibility index (Phi) is 5.60. The van der Waals surface area contributed by atoms with Crippen LogP contribution in [0, 0.1) is 6.92 Å². The highest BCUT2D eigenvalue weighted by Crippen LogP contribution is 2.12. The van der Waals surface area contributed by atoms with Gasteiger partial charge >= 0.3 is 0 Å². The molecule has 0 aliphatic carbocycles. The Morgan fingerprint density at radius 3 is 2.95 bits per heavy atom. The summed E-state index contributed by atoms with van der Waals surface area (Å²) in [4.78, 5) is 14.7. The normalized spacial score (nSPS) is 18.2. The monoisotopic (exact) mass is 274 g/mol. The molecule has 110 valence electrons. The minimum Gasteiger partial charge on any atom is -0.337 e. The lowest BCUT2D eigenvalue weighted by atomic mass is 10.1. The number of hydrogen-bond donors (Lipinski definition) is 1. The minimum atomic E-state index is 0.177. The highest BCUT2D eigenvalue weighted by molar-refractivity contribution is 5.94.